The van der Waals surface area contributed by atoms with E-state index in [2.05, 4.69) is 5.32 Å². The minimum absolute atomic E-state index is 0.0619. The van der Waals surface area contributed by atoms with Gasteiger partial charge in [-0.25, -0.2) is 8.42 Å². The lowest BCUT2D eigenvalue weighted by molar-refractivity contribution is -0.120. The Morgan fingerprint density at radius 3 is 2.32 bits per heavy atom. The summed E-state index contributed by atoms with van der Waals surface area (Å²) in [6.45, 7) is 0.0619. The molecule has 1 unspecified atom stereocenters. The van der Waals surface area contributed by atoms with Gasteiger partial charge in [0.2, 0.25) is 5.91 Å². The van der Waals surface area contributed by atoms with E-state index in [4.69, 9.17) is 0 Å². The molecular weight excluding hydrogens is 374 g/mol. The fourth-order valence-electron chi connectivity index (χ4n) is 2.45. The number of thiophene rings is 2. The van der Waals surface area contributed by atoms with E-state index < -0.39 is 15.1 Å². The maximum atomic E-state index is 12.9. The van der Waals surface area contributed by atoms with E-state index in [1.807, 2.05) is 41.8 Å². The van der Waals surface area contributed by atoms with Gasteiger partial charge in [-0.15, -0.1) is 22.7 Å². The van der Waals surface area contributed by atoms with Crippen LogP contribution in [-0.2, 0) is 21.1 Å². The second-order valence-corrected chi connectivity index (χ2v) is 9.73. The van der Waals surface area contributed by atoms with Gasteiger partial charge >= 0.3 is 0 Å². The summed E-state index contributed by atoms with van der Waals surface area (Å²) in [6.07, 6.45) is 0.233. The minimum Gasteiger partial charge on any atom is -0.354 e. The summed E-state index contributed by atoms with van der Waals surface area (Å²) in [7, 11) is -3.54. The van der Waals surface area contributed by atoms with Crippen molar-refractivity contribution in [3.63, 3.8) is 0 Å². The number of carbonyl (C=O) groups excluding carboxylic acids is 1. The van der Waals surface area contributed by atoms with Crippen molar-refractivity contribution in [2.45, 2.75) is 15.9 Å². The molecule has 0 aliphatic carbocycles. The highest BCUT2D eigenvalue weighted by Crippen LogP contribution is 2.33. The molecule has 0 aliphatic heterocycles. The highest BCUT2D eigenvalue weighted by Gasteiger charge is 2.31. The van der Waals surface area contributed by atoms with Crippen molar-refractivity contribution in [2.75, 3.05) is 6.54 Å². The predicted octanol–water partition coefficient (Wildman–Crippen LogP) is 3.68. The highest BCUT2D eigenvalue weighted by atomic mass is 32.2. The van der Waals surface area contributed by atoms with Crippen molar-refractivity contribution in [1.82, 2.24) is 5.32 Å². The molecule has 0 aliphatic rings. The van der Waals surface area contributed by atoms with Crippen LogP contribution in [0.15, 0.2) is 69.6 Å². The van der Waals surface area contributed by atoms with Crippen LogP contribution < -0.4 is 5.32 Å². The summed E-state index contributed by atoms with van der Waals surface area (Å²) in [4.78, 5) is 12.9. The third-order valence-electron chi connectivity index (χ3n) is 3.70. The van der Waals surface area contributed by atoms with Crippen molar-refractivity contribution in [3.05, 3.63) is 75.8 Å². The van der Waals surface area contributed by atoms with Gasteiger partial charge in [0.15, 0.2) is 9.84 Å². The fourth-order valence-corrected chi connectivity index (χ4v) is 6.44. The Morgan fingerprint density at radius 2 is 1.68 bits per heavy atom. The van der Waals surface area contributed by atoms with E-state index >= 15 is 0 Å². The molecule has 2 aromatic heterocycles. The first-order chi connectivity index (χ1) is 12.1. The molecule has 1 N–H and O–H groups in total. The van der Waals surface area contributed by atoms with Crippen molar-refractivity contribution in [1.29, 1.82) is 0 Å². The van der Waals surface area contributed by atoms with Crippen molar-refractivity contribution in [2.24, 2.45) is 0 Å². The number of amides is 1. The van der Waals surface area contributed by atoms with Crippen LogP contribution in [0.2, 0.25) is 0 Å². The van der Waals surface area contributed by atoms with Gasteiger partial charge in [0.1, 0.15) is 9.46 Å². The Bertz CT molecular complexity index is 902. The molecule has 0 fully saturated rings. The number of nitrogens with one attached hydrogen (secondary N) is 1. The average Bonchev–Trinajstić information content (AvgIpc) is 3.30. The first-order valence-electron chi connectivity index (χ1n) is 7.69. The van der Waals surface area contributed by atoms with Gasteiger partial charge in [0, 0.05) is 11.4 Å². The van der Waals surface area contributed by atoms with Crippen LogP contribution in [-0.4, -0.2) is 20.9 Å². The largest absolute Gasteiger partial charge is 0.354 e. The molecule has 0 spiro atoms. The second-order valence-electron chi connectivity index (χ2n) is 5.45. The third-order valence-corrected chi connectivity index (χ3v) is 8.35. The normalized spacial score (nSPS) is 12.6. The summed E-state index contributed by atoms with van der Waals surface area (Å²) in [6, 6.07) is 16.3. The lowest BCUT2D eigenvalue weighted by atomic mass is 10.1. The molecule has 2 heterocycles. The maximum absolute atomic E-state index is 12.9. The van der Waals surface area contributed by atoms with Gasteiger partial charge in [-0.3, -0.25) is 4.79 Å². The summed E-state index contributed by atoms with van der Waals surface area (Å²) >= 11 is 2.58. The fraction of sp³-hybridized carbons (Fsp3) is 0.167. The average molecular weight is 392 g/mol. The lowest BCUT2D eigenvalue weighted by Crippen LogP contribution is -2.32. The molecule has 130 valence electrons. The molecule has 1 amide bonds. The number of hydrogen-bond donors (Lipinski definition) is 1. The molecule has 4 nitrogen and oxygen atoms in total. The van der Waals surface area contributed by atoms with Crippen molar-refractivity contribution >= 4 is 38.4 Å². The molecular formula is C18H17NO3S3. The smallest absolute Gasteiger partial charge is 0.224 e. The molecule has 3 aromatic rings. The number of hydrogen-bond acceptors (Lipinski definition) is 5. The number of sulfone groups is 1. The van der Waals surface area contributed by atoms with Crippen LogP contribution in [0.25, 0.3) is 0 Å². The molecule has 1 atom stereocenters. The van der Waals surface area contributed by atoms with E-state index in [0.717, 1.165) is 10.4 Å². The Hall–Kier alpha value is -1.96. The Balaban J connectivity index is 1.74. The molecule has 3 rings (SSSR count). The zero-order valence-electron chi connectivity index (χ0n) is 13.3. The monoisotopic (exact) mass is 391 g/mol. The van der Waals surface area contributed by atoms with Gasteiger partial charge in [0.05, 0.1) is 6.42 Å². The molecule has 0 saturated heterocycles. The topological polar surface area (TPSA) is 63.2 Å². The van der Waals surface area contributed by atoms with Crippen molar-refractivity contribution in [3.8, 4) is 0 Å². The molecule has 1 aromatic carbocycles. The van der Waals surface area contributed by atoms with Gasteiger partial charge in [-0.05, 0) is 28.5 Å². The van der Waals surface area contributed by atoms with E-state index in [1.165, 1.54) is 22.7 Å². The van der Waals surface area contributed by atoms with Gasteiger partial charge in [-0.1, -0.05) is 42.5 Å². The van der Waals surface area contributed by atoms with E-state index in [1.54, 1.807) is 23.6 Å². The summed E-state index contributed by atoms with van der Waals surface area (Å²) in [5, 5.41) is 5.60. The number of rotatable bonds is 7. The van der Waals surface area contributed by atoms with Crippen LogP contribution in [0.4, 0.5) is 0 Å². The minimum atomic E-state index is -3.54. The van der Waals surface area contributed by atoms with E-state index in [9.17, 15) is 13.2 Å². The van der Waals surface area contributed by atoms with Crippen LogP contribution in [0, 0.1) is 0 Å². The van der Waals surface area contributed by atoms with Crippen molar-refractivity contribution < 1.29 is 13.2 Å². The Morgan fingerprint density at radius 1 is 0.960 bits per heavy atom. The van der Waals surface area contributed by atoms with Crippen LogP contribution >= 0.6 is 22.7 Å². The molecule has 0 radical (unpaired) electrons. The second kappa shape index (κ2) is 7.95. The van der Waals surface area contributed by atoms with Gasteiger partial charge in [-0.2, -0.15) is 0 Å². The summed E-state index contributed by atoms with van der Waals surface area (Å²) in [5.74, 6) is -0.186. The molecule has 0 bridgehead atoms. The van der Waals surface area contributed by atoms with Gasteiger partial charge in [0.25, 0.3) is 0 Å². The zero-order valence-corrected chi connectivity index (χ0v) is 15.7. The van der Waals surface area contributed by atoms with Crippen LogP contribution in [0.1, 0.15) is 15.7 Å². The highest BCUT2D eigenvalue weighted by molar-refractivity contribution is 7.93. The van der Waals surface area contributed by atoms with Crippen LogP contribution in [0.3, 0.4) is 0 Å². The standard InChI is InChI=1S/C18H17NO3S3/c20-17(12-14-6-2-1-3-7-14)19-13-16(15-8-4-10-23-15)25(21,22)18-9-5-11-24-18/h1-11,16H,12-13H2,(H,19,20). The maximum Gasteiger partial charge on any atom is 0.224 e. The Labute approximate surface area is 155 Å². The zero-order chi connectivity index (χ0) is 17.7. The molecule has 25 heavy (non-hydrogen) atoms. The molecule has 7 heteroatoms. The number of benzene rings is 1. The predicted molar refractivity (Wildman–Crippen MR) is 102 cm³/mol. The SMILES string of the molecule is O=C(Cc1ccccc1)NCC(c1cccs1)S(=O)(=O)c1cccs1. The Kier molecular flexibility index (Phi) is 5.67. The first-order valence-corrected chi connectivity index (χ1v) is 11.0. The summed E-state index contributed by atoms with van der Waals surface area (Å²) < 4.78 is 26.2. The third kappa shape index (κ3) is 4.36. The lowest BCUT2D eigenvalue weighted by Gasteiger charge is -2.16. The quantitative estimate of drug-likeness (QED) is 0.668. The first kappa shape index (κ1) is 17.8. The van der Waals surface area contributed by atoms with Crippen LogP contribution in [0.5, 0.6) is 0 Å². The molecule has 0 saturated carbocycles. The van der Waals surface area contributed by atoms with E-state index in [-0.39, 0.29) is 18.9 Å². The van der Waals surface area contributed by atoms with Gasteiger partial charge < -0.3 is 5.32 Å². The van der Waals surface area contributed by atoms with E-state index in [0.29, 0.717) is 4.21 Å². The number of carbonyl (C=O) groups is 1. The summed E-state index contributed by atoms with van der Waals surface area (Å²) in [5.41, 5.74) is 0.897.